The second-order valence-corrected chi connectivity index (χ2v) is 0.948. The number of rotatable bonds is 2. The summed E-state index contributed by atoms with van der Waals surface area (Å²) in [7, 11) is 0. The van der Waals surface area contributed by atoms with Crippen LogP contribution in [-0.4, -0.2) is 11.4 Å². The van der Waals surface area contributed by atoms with Gasteiger partial charge in [-0.15, -0.1) is 0 Å². The molecule has 0 aromatic heterocycles. The predicted octanol–water partition coefficient (Wildman–Crippen LogP) is 0.329. The Hall–Kier alpha value is 0.453. The summed E-state index contributed by atoms with van der Waals surface area (Å²) in [5.41, 5.74) is 0. The molecular weight excluding hydrogens is 153 g/mol. The van der Waals surface area contributed by atoms with Crippen LogP contribution in [0.25, 0.3) is 0 Å². The third kappa shape index (κ3) is 4.45. The zero-order chi connectivity index (χ0) is 4.12. The molecule has 0 rings (SSSR count). The van der Waals surface area contributed by atoms with Crippen molar-refractivity contribution in [2.24, 2.45) is 0 Å². The van der Waals surface area contributed by atoms with Crippen molar-refractivity contribution in [3.8, 4) is 0 Å². The molecule has 2 heteroatoms. The Bertz CT molecular complexity index is 28.1. The first-order valence-corrected chi connectivity index (χ1v) is 2.44. The normalized spacial score (nSPS) is 7.60. The van der Waals surface area contributed by atoms with Crippen molar-refractivity contribution < 1.29 is 22.6 Å². The van der Waals surface area contributed by atoms with Gasteiger partial charge in [-0.2, -0.15) is 0 Å². The minimum atomic E-state index is 0.771. The zero-order valence-electron chi connectivity index (χ0n) is 3.05. The first-order chi connectivity index (χ1) is 2.41. The maximum absolute atomic E-state index is 4.68. The van der Waals surface area contributed by atoms with Crippen LogP contribution in [0.1, 0.15) is 6.92 Å². The third-order valence-electron chi connectivity index (χ3n) is 0.226. The van der Waals surface area contributed by atoms with E-state index >= 15 is 0 Å². The van der Waals surface area contributed by atoms with Gasteiger partial charge >= 0.3 is 40.9 Å². The van der Waals surface area contributed by atoms with Crippen molar-refractivity contribution in [2.45, 2.75) is 6.92 Å². The molecule has 0 saturated heterocycles. The molecule has 0 fully saturated rings. The molecule has 0 aromatic carbocycles. The number of hydrogen-bond acceptors (Lipinski definition) is 1. The summed E-state index contributed by atoms with van der Waals surface area (Å²) in [5, 5.41) is 0. The van der Waals surface area contributed by atoms with Crippen LogP contribution in [0.3, 0.4) is 0 Å². The van der Waals surface area contributed by atoms with E-state index in [0.717, 1.165) is 6.61 Å². The average Bonchev–Trinajstić information content (AvgIpc) is 1.41. The number of ether oxygens (including phenoxy) is 1. The van der Waals surface area contributed by atoms with Crippen LogP contribution in [0, 0.1) is 0 Å². The number of hydrogen-bond donors (Lipinski definition) is 0. The molecule has 5 heavy (non-hydrogen) atoms. The summed E-state index contributed by atoms with van der Waals surface area (Å²) < 4.78 is 4.68. The molecule has 0 bridgehead atoms. The molecule has 0 heterocycles. The summed E-state index contributed by atoms with van der Waals surface area (Å²) in [5.74, 6) is 0. The van der Waals surface area contributed by atoms with Gasteiger partial charge in [0.1, 0.15) is 0 Å². The van der Waals surface area contributed by atoms with Gasteiger partial charge in [-0.05, 0) is 0 Å². The molecule has 0 aliphatic heterocycles. The summed E-state index contributed by atoms with van der Waals surface area (Å²) in [6.45, 7) is 2.72. The van der Waals surface area contributed by atoms with Gasteiger partial charge in [0.25, 0.3) is 0 Å². The second-order valence-electron chi connectivity index (χ2n) is 0.539. The third-order valence-corrected chi connectivity index (χ3v) is 0.515. The average molecular weight is 159 g/mol. The Kier molecular flexibility index (Phi) is 4.86. The van der Waals surface area contributed by atoms with Gasteiger partial charge in [0.05, 0.1) is 0 Å². The van der Waals surface area contributed by atoms with E-state index in [1.54, 1.807) is 4.80 Å². The summed E-state index contributed by atoms with van der Waals surface area (Å²) in [4.78, 5) is 1.61. The molecule has 0 aliphatic rings. The molecule has 0 aliphatic carbocycles. The van der Waals surface area contributed by atoms with Gasteiger partial charge in [0, 0.05) is 0 Å². The molecule has 0 unspecified atom stereocenters. The van der Waals surface area contributed by atoms with Gasteiger partial charge < -0.3 is 0 Å². The first kappa shape index (κ1) is 5.45. The topological polar surface area (TPSA) is 9.23 Å². The Morgan fingerprint density at radius 2 is 2.60 bits per heavy atom. The van der Waals surface area contributed by atoms with Crippen LogP contribution in [0.4, 0.5) is 0 Å². The van der Waals surface area contributed by atoms with Crippen molar-refractivity contribution in [3.63, 3.8) is 0 Å². The van der Waals surface area contributed by atoms with Crippen LogP contribution < -0.4 is 0 Å². The fourth-order valence-electron chi connectivity index (χ4n) is 0.0589. The minimum absolute atomic E-state index is 0.771. The van der Waals surface area contributed by atoms with E-state index < -0.39 is 0 Å². The Labute approximate surface area is 41.5 Å². The second kappa shape index (κ2) is 4.45. The van der Waals surface area contributed by atoms with Crippen LogP contribution in [0.15, 0.2) is 0 Å². The molecule has 0 spiro atoms. The summed E-state index contributed by atoms with van der Waals surface area (Å²) in [6.07, 6.45) is 0. The molecule has 0 saturated carbocycles. The molecule has 32 valence electrons. The van der Waals surface area contributed by atoms with Gasteiger partial charge in [0.2, 0.25) is 0 Å². The summed E-state index contributed by atoms with van der Waals surface area (Å²) >= 11 is 2.27. The van der Waals surface area contributed by atoms with Crippen molar-refractivity contribution in [1.29, 1.82) is 0 Å². The first-order valence-electron chi connectivity index (χ1n) is 1.44. The molecule has 1 nitrogen and oxygen atoms in total. The van der Waals surface area contributed by atoms with E-state index in [-0.39, 0.29) is 0 Å². The van der Waals surface area contributed by atoms with E-state index in [4.69, 9.17) is 0 Å². The van der Waals surface area contributed by atoms with E-state index in [0.29, 0.717) is 0 Å². The molecule has 0 N–H and O–H groups in total. The molecule has 0 atom stereocenters. The van der Waals surface area contributed by atoms with Gasteiger partial charge in [-0.1, -0.05) is 0 Å². The van der Waals surface area contributed by atoms with Gasteiger partial charge in [-0.25, -0.2) is 0 Å². The van der Waals surface area contributed by atoms with E-state index in [2.05, 4.69) is 22.6 Å². The monoisotopic (exact) mass is 160 g/mol. The molecule has 0 aromatic rings. The van der Waals surface area contributed by atoms with Crippen LogP contribution in [0.2, 0.25) is 0 Å². The maximum atomic E-state index is 4.68. The Morgan fingerprint density at radius 3 is 2.60 bits per heavy atom. The van der Waals surface area contributed by atoms with Crippen molar-refractivity contribution in [1.82, 2.24) is 0 Å². The van der Waals surface area contributed by atoms with Crippen molar-refractivity contribution >= 4 is 4.80 Å². The fourth-order valence-corrected chi connectivity index (χ4v) is 0.349. The van der Waals surface area contributed by atoms with Crippen molar-refractivity contribution in [3.05, 3.63) is 0 Å². The van der Waals surface area contributed by atoms with Crippen LogP contribution in [0.5, 0.6) is 0 Å². The molecule has 0 radical (unpaired) electrons. The molecular formula is C3H6ORu. The van der Waals surface area contributed by atoms with E-state index in [1.807, 2.05) is 6.92 Å². The van der Waals surface area contributed by atoms with Crippen LogP contribution >= 0.6 is 0 Å². The fraction of sp³-hybridized carbons (Fsp3) is 0.667. The van der Waals surface area contributed by atoms with Gasteiger partial charge in [-0.3, -0.25) is 0 Å². The van der Waals surface area contributed by atoms with Crippen molar-refractivity contribution in [2.75, 3.05) is 6.61 Å². The predicted molar refractivity (Wildman–Crippen MR) is 17.7 cm³/mol. The van der Waals surface area contributed by atoms with Gasteiger partial charge in [0.15, 0.2) is 0 Å². The standard InChI is InChI=1S/C3H6O.Ru/c1-3-4-2;/h2H,3H2,1H3;. The SMILES string of the molecule is CCO[CH]=[Ru]. The van der Waals surface area contributed by atoms with E-state index in [9.17, 15) is 0 Å². The zero-order valence-corrected chi connectivity index (χ0v) is 4.78. The summed E-state index contributed by atoms with van der Waals surface area (Å²) in [6, 6.07) is 0. The Morgan fingerprint density at radius 1 is 2.00 bits per heavy atom. The quantitative estimate of drug-likeness (QED) is 0.527. The van der Waals surface area contributed by atoms with E-state index in [1.165, 1.54) is 0 Å². The molecule has 0 amide bonds. The Balaban J connectivity index is 2.40. The van der Waals surface area contributed by atoms with Crippen LogP contribution in [-0.2, 0) is 22.6 Å².